The first kappa shape index (κ1) is 19.2. The van der Waals surface area contributed by atoms with Gasteiger partial charge in [0.1, 0.15) is 0 Å². The number of ketones is 2. The van der Waals surface area contributed by atoms with Crippen molar-refractivity contribution in [2.75, 3.05) is 18.4 Å². The number of likely N-dealkylation sites (tertiary alicyclic amines) is 1. The van der Waals surface area contributed by atoms with E-state index in [-0.39, 0.29) is 17.5 Å². The summed E-state index contributed by atoms with van der Waals surface area (Å²) in [6, 6.07) is 12.6. The summed E-state index contributed by atoms with van der Waals surface area (Å²) in [6.07, 6.45) is 7.53. The van der Waals surface area contributed by atoms with E-state index in [1.54, 1.807) is 42.5 Å². The molecule has 2 aliphatic carbocycles. The Morgan fingerprint density at radius 1 is 0.867 bits per heavy atom. The third-order valence-electron chi connectivity index (χ3n) is 7.12. The van der Waals surface area contributed by atoms with Crippen molar-refractivity contribution in [3.05, 3.63) is 64.7 Å². The Kier molecular flexibility index (Phi) is 4.99. The fourth-order valence-electron chi connectivity index (χ4n) is 5.74. The molecule has 0 bridgehead atoms. The average molecular weight is 404 g/mol. The first-order chi connectivity index (χ1) is 14.6. The normalized spacial score (nSPS) is 25.1. The molecule has 1 saturated heterocycles. The Morgan fingerprint density at radius 3 is 2.40 bits per heavy atom. The minimum atomic E-state index is -0.200. The predicted molar refractivity (Wildman–Crippen MR) is 114 cm³/mol. The minimum absolute atomic E-state index is 0.0799. The van der Waals surface area contributed by atoms with Crippen LogP contribution in [-0.4, -0.2) is 36.6 Å². The molecular weight excluding hydrogens is 376 g/mol. The number of hydrogen-bond acceptors (Lipinski definition) is 3. The second kappa shape index (κ2) is 7.80. The number of benzene rings is 2. The molecule has 2 N–H and O–H groups in total. The molecule has 1 saturated carbocycles. The summed E-state index contributed by atoms with van der Waals surface area (Å²) >= 11 is 0. The zero-order valence-corrected chi connectivity index (χ0v) is 17.1. The number of quaternary nitrogens is 1. The molecule has 5 heteroatoms. The fraction of sp³-hybridized carbons (Fsp3) is 0.400. The van der Waals surface area contributed by atoms with Crippen LogP contribution in [0.3, 0.4) is 0 Å². The average Bonchev–Trinajstić information content (AvgIpc) is 2.77. The van der Waals surface area contributed by atoms with E-state index in [0.29, 0.717) is 40.5 Å². The highest BCUT2D eigenvalue weighted by atomic mass is 16.2. The maximum Gasteiger partial charge on any atom is 0.279 e. The molecule has 3 atom stereocenters. The third-order valence-corrected chi connectivity index (χ3v) is 7.12. The van der Waals surface area contributed by atoms with Crippen LogP contribution in [0.2, 0.25) is 0 Å². The van der Waals surface area contributed by atoms with Gasteiger partial charge in [-0.3, -0.25) is 14.4 Å². The highest BCUT2D eigenvalue weighted by Crippen LogP contribution is 2.32. The molecule has 1 unspecified atom stereocenters. The van der Waals surface area contributed by atoms with Crippen LogP contribution in [0.5, 0.6) is 0 Å². The van der Waals surface area contributed by atoms with Crippen LogP contribution in [0.1, 0.15) is 70.4 Å². The summed E-state index contributed by atoms with van der Waals surface area (Å²) in [6.45, 7) is 1.45. The summed E-state index contributed by atoms with van der Waals surface area (Å²) in [5.41, 5.74) is 1.97. The molecule has 2 aromatic carbocycles. The van der Waals surface area contributed by atoms with Gasteiger partial charge in [-0.1, -0.05) is 42.8 Å². The van der Waals surface area contributed by atoms with Gasteiger partial charge in [-0.2, -0.15) is 0 Å². The number of amides is 1. The van der Waals surface area contributed by atoms with Gasteiger partial charge < -0.3 is 10.2 Å². The number of nitrogens with one attached hydrogen (secondary N) is 2. The summed E-state index contributed by atoms with van der Waals surface area (Å²) in [7, 11) is 0. The standard InChI is InChI=1S/C25H26N2O3/c28-22(15-27-14-6-8-16-7-1-4-13-21(16)27)26-20-12-5-11-19-23(20)25(30)18-10-3-2-9-17(18)24(19)29/h2-3,5,9-12,16,21H,1,4,6-8,13-15H2,(H,26,28)/p+1/t16-,21-/m0/s1. The Hall–Kier alpha value is -2.79. The number of rotatable bonds is 3. The van der Waals surface area contributed by atoms with Crippen molar-refractivity contribution in [3.63, 3.8) is 0 Å². The molecule has 0 aromatic heterocycles. The number of carbonyl (C=O) groups excluding carboxylic acids is 3. The van der Waals surface area contributed by atoms with Gasteiger partial charge in [0.15, 0.2) is 18.1 Å². The molecule has 1 aliphatic heterocycles. The van der Waals surface area contributed by atoms with E-state index in [2.05, 4.69) is 5.32 Å². The lowest BCUT2D eigenvalue weighted by molar-refractivity contribution is -0.928. The van der Waals surface area contributed by atoms with E-state index in [4.69, 9.17) is 0 Å². The van der Waals surface area contributed by atoms with Crippen molar-refractivity contribution in [1.82, 2.24) is 0 Å². The van der Waals surface area contributed by atoms with Crippen LogP contribution in [0, 0.1) is 5.92 Å². The lowest BCUT2D eigenvalue weighted by atomic mass is 9.78. The highest BCUT2D eigenvalue weighted by molar-refractivity contribution is 6.30. The van der Waals surface area contributed by atoms with E-state index in [1.807, 2.05) is 0 Å². The van der Waals surface area contributed by atoms with E-state index in [9.17, 15) is 14.4 Å². The van der Waals surface area contributed by atoms with Crippen molar-refractivity contribution in [2.45, 2.75) is 44.6 Å². The molecule has 1 amide bonds. The maximum atomic E-state index is 13.1. The van der Waals surface area contributed by atoms with Gasteiger partial charge in [0.05, 0.1) is 23.8 Å². The number of hydrogen-bond donors (Lipinski definition) is 2. The van der Waals surface area contributed by atoms with Crippen LogP contribution in [-0.2, 0) is 4.79 Å². The molecule has 0 spiro atoms. The van der Waals surface area contributed by atoms with Crippen LogP contribution < -0.4 is 10.2 Å². The lowest BCUT2D eigenvalue weighted by Gasteiger charge is -2.40. The Labute approximate surface area is 176 Å². The van der Waals surface area contributed by atoms with Crippen LogP contribution >= 0.6 is 0 Å². The third kappa shape index (κ3) is 3.27. The predicted octanol–water partition coefficient (Wildman–Crippen LogP) is 2.64. The Morgan fingerprint density at radius 2 is 1.57 bits per heavy atom. The molecule has 5 rings (SSSR count). The van der Waals surface area contributed by atoms with E-state index >= 15 is 0 Å². The van der Waals surface area contributed by atoms with Gasteiger partial charge in [0.25, 0.3) is 5.91 Å². The molecular formula is C25H27N2O3+. The van der Waals surface area contributed by atoms with E-state index < -0.39 is 0 Å². The number of carbonyl (C=O) groups is 3. The summed E-state index contributed by atoms with van der Waals surface area (Å²) in [5.74, 6) is 0.302. The van der Waals surface area contributed by atoms with Gasteiger partial charge in [-0.05, 0) is 38.2 Å². The zero-order chi connectivity index (χ0) is 20.7. The molecule has 2 aromatic rings. The van der Waals surface area contributed by atoms with Gasteiger partial charge in [-0.25, -0.2) is 0 Å². The smallest absolute Gasteiger partial charge is 0.279 e. The van der Waals surface area contributed by atoms with Crippen LogP contribution in [0.15, 0.2) is 42.5 Å². The number of fused-ring (bicyclic) bond motifs is 3. The van der Waals surface area contributed by atoms with Gasteiger partial charge >= 0.3 is 0 Å². The second-order valence-corrected chi connectivity index (χ2v) is 8.86. The minimum Gasteiger partial charge on any atom is -0.324 e. The Balaban J connectivity index is 1.38. The van der Waals surface area contributed by atoms with Gasteiger partial charge in [0.2, 0.25) is 0 Å². The van der Waals surface area contributed by atoms with Gasteiger partial charge in [-0.15, -0.1) is 0 Å². The zero-order valence-electron chi connectivity index (χ0n) is 17.1. The molecule has 154 valence electrons. The first-order valence-corrected chi connectivity index (χ1v) is 11.1. The maximum absolute atomic E-state index is 13.1. The first-order valence-electron chi connectivity index (χ1n) is 11.1. The molecule has 0 radical (unpaired) electrons. The van der Waals surface area contributed by atoms with Crippen LogP contribution in [0.4, 0.5) is 5.69 Å². The fourth-order valence-corrected chi connectivity index (χ4v) is 5.74. The topological polar surface area (TPSA) is 67.7 Å². The summed E-state index contributed by atoms with van der Waals surface area (Å²) in [5, 5.41) is 2.96. The van der Waals surface area contributed by atoms with Gasteiger partial charge in [0, 0.05) is 22.6 Å². The van der Waals surface area contributed by atoms with Crippen molar-refractivity contribution in [1.29, 1.82) is 0 Å². The van der Waals surface area contributed by atoms with Crippen molar-refractivity contribution >= 4 is 23.2 Å². The summed E-state index contributed by atoms with van der Waals surface area (Å²) < 4.78 is 0. The SMILES string of the molecule is O=C(C[NH+]1CCC[C@@H]2CCCC[C@@H]21)Nc1cccc2c1C(=O)c1ccccc1C2=O. The van der Waals surface area contributed by atoms with Crippen molar-refractivity contribution in [3.8, 4) is 0 Å². The molecule has 2 fully saturated rings. The number of anilines is 1. The quantitative estimate of drug-likeness (QED) is 0.707. The molecule has 30 heavy (non-hydrogen) atoms. The second-order valence-electron chi connectivity index (χ2n) is 8.86. The number of piperidine rings is 1. The molecule has 3 aliphatic rings. The highest BCUT2D eigenvalue weighted by Gasteiger charge is 2.38. The summed E-state index contributed by atoms with van der Waals surface area (Å²) in [4.78, 5) is 40.3. The van der Waals surface area contributed by atoms with E-state index in [1.165, 1.54) is 43.4 Å². The van der Waals surface area contributed by atoms with E-state index in [0.717, 1.165) is 12.5 Å². The molecule has 5 nitrogen and oxygen atoms in total. The Bertz CT molecular complexity index is 1030. The molecule has 1 heterocycles. The van der Waals surface area contributed by atoms with Crippen molar-refractivity contribution in [2.24, 2.45) is 5.92 Å². The lowest BCUT2D eigenvalue weighted by Crippen LogP contribution is -3.18. The monoisotopic (exact) mass is 403 g/mol. The largest absolute Gasteiger partial charge is 0.324 e. The van der Waals surface area contributed by atoms with Crippen LogP contribution in [0.25, 0.3) is 0 Å². The van der Waals surface area contributed by atoms with Crippen molar-refractivity contribution < 1.29 is 19.3 Å².